The highest BCUT2D eigenvalue weighted by molar-refractivity contribution is 5.79. The molecule has 0 radical (unpaired) electrons. The number of phenolic OH excluding ortho intramolecular Hbond substituents is 1. The summed E-state index contributed by atoms with van der Waals surface area (Å²) in [7, 11) is 0. The summed E-state index contributed by atoms with van der Waals surface area (Å²) < 4.78 is 5.70. The van der Waals surface area contributed by atoms with Crippen LogP contribution in [0.4, 0.5) is 0 Å². The first kappa shape index (κ1) is 10.8. The van der Waals surface area contributed by atoms with E-state index in [2.05, 4.69) is 4.98 Å². The molecule has 90 valence electrons. The Bertz CT molecular complexity index is 689. The maximum Gasteiger partial charge on any atom is 0.231 e. The van der Waals surface area contributed by atoms with Crippen LogP contribution in [0.5, 0.6) is 5.75 Å². The number of hydrogen-bond acceptors (Lipinski definition) is 3. The van der Waals surface area contributed by atoms with E-state index in [1.807, 2.05) is 32.0 Å². The van der Waals surface area contributed by atoms with E-state index in [-0.39, 0.29) is 5.75 Å². The average Bonchev–Trinajstić information content (AvgIpc) is 2.73. The molecule has 3 rings (SSSR count). The lowest BCUT2D eigenvalue weighted by Gasteiger charge is -1.97. The number of oxazole rings is 1. The molecular formula is C15H13NO2. The van der Waals surface area contributed by atoms with Gasteiger partial charge in [-0.3, -0.25) is 0 Å². The monoisotopic (exact) mass is 239 g/mol. The van der Waals surface area contributed by atoms with Gasteiger partial charge in [0.15, 0.2) is 5.58 Å². The van der Waals surface area contributed by atoms with Crippen molar-refractivity contribution >= 4 is 11.1 Å². The standard InChI is InChI=1S/C15H13NO2/c1-9-7-12-14(8-10(9)2)18-15(16-12)11-5-3-4-6-13(11)17/h3-8,17H,1-2H3. The summed E-state index contributed by atoms with van der Waals surface area (Å²) in [6.45, 7) is 4.08. The van der Waals surface area contributed by atoms with Gasteiger partial charge < -0.3 is 9.52 Å². The first-order chi connectivity index (χ1) is 8.65. The molecule has 0 saturated heterocycles. The van der Waals surface area contributed by atoms with Crippen molar-refractivity contribution in [3.05, 3.63) is 47.5 Å². The van der Waals surface area contributed by atoms with E-state index in [1.54, 1.807) is 18.2 Å². The van der Waals surface area contributed by atoms with Gasteiger partial charge in [0, 0.05) is 0 Å². The van der Waals surface area contributed by atoms with Crippen LogP contribution in [0.15, 0.2) is 40.8 Å². The largest absolute Gasteiger partial charge is 0.507 e. The number of hydrogen-bond donors (Lipinski definition) is 1. The lowest BCUT2D eigenvalue weighted by Crippen LogP contribution is -1.80. The second kappa shape index (κ2) is 3.88. The third kappa shape index (κ3) is 1.64. The number of aryl methyl sites for hydroxylation is 2. The normalized spacial score (nSPS) is 11.0. The summed E-state index contributed by atoms with van der Waals surface area (Å²) >= 11 is 0. The number of nitrogens with zero attached hydrogens (tertiary/aromatic N) is 1. The summed E-state index contributed by atoms with van der Waals surface area (Å²) in [5.41, 5.74) is 4.53. The highest BCUT2D eigenvalue weighted by Crippen LogP contribution is 2.31. The summed E-state index contributed by atoms with van der Waals surface area (Å²) in [5, 5.41) is 9.80. The average molecular weight is 239 g/mol. The van der Waals surface area contributed by atoms with Gasteiger partial charge in [-0.25, -0.2) is 4.98 Å². The molecule has 0 aliphatic carbocycles. The Morgan fingerprint density at radius 3 is 2.56 bits per heavy atom. The molecule has 1 aromatic heterocycles. The van der Waals surface area contributed by atoms with E-state index in [4.69, 9.17) is 4.42 Å². The third-order valence-electron chi connectivity index (χ3n) is 3.14. The topological polar surface area (TPSA) is 46.3 Å². The lowest BCUT2D eigenvalue weighted by atomic mass is 10.1. The Hall–Kier alpha value is -2.29. The highest BCUT2D eigenvalue weighted by Gasteiger charge is 2.12. The molecule has 0 bridgehead atoms. The van der Waals surface area contributed by atoms with Crippen molar-refractivity contribution in [3.63, 3.8) is 0 Å². The summed E-state index contributed by atoms with van der Waals surface area (Å²) in [6, 6.07) is 11.0. The molecular weight excluding hydrogens is 226 g/mol. The molecule has 18 heavy (non-hydrogen) atoms. The van der Waals surface area contributed by atoms with Crippen LogP contribution in [-0.2, 0) is 0 Å². The van der Waals surface area contributed by atoms with Crippen LogP contribution in [-0.4, -0.2) is 10.1 Å². The molecule has 3 aromatic rings. The van der Waals surface area contributed by atoms with Gasteiger partial charge in [-0.05, 0) is 49.2 Å². The first-order valence-electron chi connectivity index (χ1n) is 5.81. The number of para-hydroxylation sites is 1. The molecule has 3 nitrogen and oxygen atoms in total. The van der Waals surface area contributed by atoms with Gasteiger partial charge in [0.2, 0.25) is 5.89 Å². The van der Waals surface area contributed by atoms with Gasteiger partial charge in [-0.1, -0.05) is 12.1 Å². The van der Waals surface area contributed by atoms with Gasteiger partial charge in [0.25, 0.3) is 0 Å². The SMILES string of the molecule is Cc1cc2nc(-c3ccccc3O)oc2cc1C. The zero-order valence-corrected chi connectivity index (χ0v) is 10.3. The van der Waals surface area contributed by atoms with Crippen LogP contribution in [0.25, 0.3) is 22.6 Å². The lowest BCUT2D eigenvalue weighted by molar-refractivity contribution is 0.474. The van der Waals surface area contributed by atoms with Gasteiger partial charge in [0.05, 0.1) is 5.56 Å². The van der Waals surface area contributed by atoms with Gasteiger partial charge in [-0.2, -0.15) is 0 Å². The molecule has 0 aliphatic heterocycles. The fourth-order valence-corrected chi connectivity index (χ4v) is 1.95. The van der Waals surface area contributed by atoms with Crippen molar-refractivity contribution in [1.29, 1.82) is 0 Å². The highest BCUT2D eigenvalue weighted by atomic mass is 16.3. The van der Waals surface area contributed by atoms with E-state index in [0.717, 1.165) is 11.1 Å². The predicted octanol–water partition coefficient (Wildman–Crippen LogP) is 3.82. The van der Waals surface area contributed by atoms with Crippen molar-refractivity contribution < 1.29 is 9.52 Å². The molecule has 0 aliphatic rings. The molecule has 0 saturated carbocycles. The number of aromatic hydroxyl groups is 1. The fraction of sp³-hybridized carbons (Fsp3) is 0.133. The van der Waals surface area contributed by atoms with Crippen molar-refractivity contribution in [1.82, 2.24) is 4.98 Å². The van der Waals surface area contributed by atoms with Crippen molar-refractivity contribution in [2.24, 2.45) is 0 Å². The number of aromatic nitrogens is 1. The van der Waals surface area contributed by atoms with Crippen LogP contribution in [0.3, 0.4) is 0 Å². The second-order valence-electron chi connectivity index (χ2n) is 4.44. The first-order valence-corrected chi connectivity index (χ1v) is 5.81. The van der Waals surface area contributed by atoms with Gasteiger partial charge in [0.1, 0.15) is 11.3 Å². The zero-order valence-electron chi connectivity index (χ0n) is 10.3. The van der Waals surface area contributed by atoms with Crippen molar-refractivity contribution in [2.75, 3.05) is 0 Å². The Morgan fingerprint density at radius 2 is 1.78 bits per heavy atom. The molecule has 1 heterocycles. The van der Waals surface area contributed by atoms with Crippen molar-refractivity contribution in [3.8, 4) is 17.2 Å². The predicted molar refractivity (Wildman–Crippen MR) is 70.6 cm³/mol. The zero-order chi connectivity index (χ0) is 12.7. The smallest absolute Gasteiger partial charge is 0.231 e. The van der Waals surface area contributed by atoms with E-state index < -0.39 is 0 Å². The Morgan fingerprint density at radius 1 is 1.06 bits per heavy atom. The summed E-state index contributed by atoms with van der Waals surface area (Å²) in [4.78, 5) is 4.42. The number of benzene rings is 2. The molecule has 0 unspecified atom stereocenters. The summed E-state index contributed by atoms with van der Waals surface area (Å²) in [5.74, 6) is 0.630. The van der Waals surface area contributed by atoms with Gasteiger partial charge in [-0.15, -0.1) is 0 Å². The maximum atomic E-state index is 9.80. The third-order valence-corrected chi connectivity index (χ3v) is 3.14. The maximum absolute atomic E-state index is 9.80. The Kier molecular flexibility index (Phi) is 2.33. The molecule has 3 heteroatoms. The van der Waals surface area contributed by atoms with E-state index in [9.17, 15) is 5.11 Å². The number of phenols is 1. The van der Waals surface area contributed by atoms with Crippen LogP contribution in [0.2, 0.25) is 0 Å². The Labute approximate surface area is 105 Å². The number of rotatable bonds is 1. The van der Waals surface area contributed by atoms with Crippen molar-refractivity contribution in [2.45, 2.75) is 13.8 Å². The fourth-order valence-electron chi connectivity index (χ4n) is 1.95. The quantitative estimate of drug-likeness (QED) is 0.702. The van der Waals surface area contributed by atoms with E-state index >= 15 is 0 Å². The van der Waals surface area contributed by atoms with Crippen LogP contribution in [0.1, 0.15) is 11.1 Å². The minimum absolute atomic E-state index is 0.178. The van der Waals surface area contributed by atoms with E-state index in [1.165, 1.54) is 11.1 Å². The van der Waals surface area contributed by atoms with Crippen LogP contribution < -0.4 is 0 Å². The molecule has 1 N–H and O–H groups in total. The Balaban J connectivity index is 2.23. The second-order valence-corrected chi connectivity index (χ2v) is 4.44. The minimum Gasteiger partial charge on any atom is -0.507 e. The minimum atomic E-state index is 0.178. The molecule has 0 atom stereocenters. The van der Waals surface area contributed by atoms with Crippen LogP contribution in [0, 0.1) is 13.8 Å². The molecule has 0 fully saturated rings. The van der Waals surface area contributed by atoms with Gasteiger partial charge >= 0.3 is 0 Å². The van der Waals surface area contributed by atoms with Crippen LogP contribution >= 0.6 is 0 Å². The number of fused-ring (bicyclic) bond motifs is 1. The molecule has 0 amide bonds. The summed E-state index contributed by atoms with van der Waals surface area (Å²) in [6.07, 6.45) is 0. The molecule has 2 aromatic carbocycles. The molecule has 0 spiro atoms. The van der Waals surface area contributed by atoms with E-state index in [0.29, 0.717) is 11.5 Å².